The summed E-state index contributed by atoms with van der Waals surface area (Å²) in [4.78, 5) is 24.3. The zero-order valence-corrected chi connectivity index (χ0v) is 16.3. The van der Waals surface area contributed by atoms with Crippen LogP contribution < -0.4 is 20.3 Å². The SMILES string of the molecule is COc1ccc(C(c2oc(C)cc(=O)c2O)c2oc(C)cc(=O)c2O)cc1OC. The number of hydrogen-bond donors (Lipinski definition) is 2. The van der Waals surface area contributed by atoms with Crippen molar-refractivity contribution in [1.82, 2.24) is 0 Å². The molecule has 0 saturated carbocycles. The number of ether oxygens (including phenoxy) is 2. The van der Waals surface area contributed by atoms with Crippen LogP contribution in [0.2, 0.25) is 0 Å². The summed E-state index contributed by atoms with van der Waals surface area (Å²) < 4.78 is 21.8. The Morgan fingerprint density at radius 3 is 1.72 bits per heavy atom. The quantitative estimate of drug-likeness (QED) is 0.671. The van der Waals surface area contributed by atoms with Crippen LogP contribution >= 0.6 is 0 Å². The Bertz CT molecular complexity index is 1110. The van der Waals surface area contributed by atoms with Crippen LogP contribution in [0.5, 0.6) is 23.0 Å². The first-order chi connectivity index (χ1) is 13.8. The van der Waals surface area contributed by atoms with E-state index in [9.17, 15) is 19.8 Å². The Morgan fingerprint density at radius 1 is 0.793 bits per heavy atom. The van der Waals surface area contributed by atoms with E-state index in [1.54, 1.807) is 32.0 Å². The summed E-state index contributed by atoms with van der Waals surface area (Å²) in [5.74, 6) is -1.48. The minimum absolute atomic E-state index is 0.175. The van der Waals surface area contributed by atoms with E-state index in [0.717, 1.165) is 12.1 Å². The van der Waals surface area contributed by atoms with Gasteiger partial charge in [0, 0.05) is 12.1 Å². The predicted molar refractivity (Wildman–Crippen MR) is 103 cm³/mol. The molecule has 29 heavy (non-hydrogen) atoms. The summed E-state index contributed by atoms with van der Waals surface area (Å²) in [6.45, 7) is 3.09. The molecule has 3 aromatic rings. The van der Waals surface area contributed by atoms with E-state index in [4.69, 9.17) is 18.3 Å². The summed E-state index contributed by atoms with van der Waals surface area (Å²) in [5.41, 5.74) is -0.900. The lowest BCUT2D eigenvalue weighted by Gasteiger charge is -2.19. The lowest BCUT2D eigenvalue weighted by atomic mass is 9.91. The summed E-state index contributed by atoms with van der Waals surface area (Å²) >= 11 is 0. The Kier molecular flexibility index (Phi) is 5.36. The summed E-state index contributed by atoms with van der Waals surface area (Å²) in [6.07, 6.45) is 0. The minimum atomic E-state index is -1.10. The average Bonchev–Trinajstić information content (AvgIpc) is 2.69. The maximum atomic E-state index is 12.2. The van der Waals surface area contributed by atoms with Gasteiger partial charge in [-0.2, -0.15) is 0 Å². The molecule has 2 aromatic heterocycles. The molecule has 0 amide bonds. The van der Waals surface area contributed by atoms with Crippen LogP contribution in [0.4, 0.5) is 0 Å². The molecule has 0 spiro atoms. The summed E-state index contributed by atoms with van der Waals surface area (Å²) in [7, 11) is 2.93. The minimum Gasteiger partial charge on any atom is -0.502 e. The van der Waals surface area contributed by atoms with Gasteiger partial charge in [-0.15, -0.1) is 0 Å². The Balaban J connectivity index is 2.38. The summed E-state index contributed by atoms with van der Waals surface area (Å²) in [5, 5.41) is 20.8. The molecule has 0 radical (unpaired) electrons. The van der Waals surface area contributed by atoms with Crippen LogP contribution in [0.15, 0.2) is 48.8 Å². The molecule has 0 aliphatic rings. The average molecular weight is 400 g/mol. The predicted octanol–water partition coefficient (Wildman–Crippen LogP) is 2.82. The molecule has 0 saturated heterocycles. The van der Waals surface area contributed by atoms with E-state index >= 15 is 0 Å². The van der Waals surface area contributed by atoms with E-state index in [0.29, 0.717) is 17.1 Å². The smallest absolute Gasteiger partial charge is 0.227 e. The highest BCUT2D eigenvalue weighted by molar-refractivity contribution is 5.51. The van der Waals surface area contributed by atoms with Crippen LogP contribution in [-0.4, -0.2) is 24.4 Å². The molecule has 0 aliphatic heterocycles. The van der Waals surface area contributed by atoms with Gasteiger partial charge >= 0.3 is 0 Å². The number of rotatable bonds is 5. The number of aryl methyl sites for hydroxylation is 2. The van der Waals surface area contributed by atoms with Gasteiger partial charge in [0.25, 0.3) is 0 Å². The van der Waals surface area contributed by atoms with Gasteiger partial charge in [-0.1, -0.05) is 6.07 Å². The molecule has 0 atom stereocenters. The molecule has 0 aliphatic carbocycles. The highest BCUT2D eigenvalue weighted by atomic mass is 16.5. The fourth-order valence-corrected chi connectivity index (χ4v) is 3.10. The number of hydrogen-bond acceptors (Lipinski definition) is 8. The normalized spacial score (nSPS) is 10.9. The van der Waals surface area contributed by atoms with Gasteiger partial charge < -0.3 is 28.5 Å². The first-order valence-corrected chi connectivity index (χ1v) is 8.66. The zero-order valence-electron chi connectivity index (χ0n) is 16.3. The highest BCUT2D eigenvalue weighted by Gasteiger charge is 2.31. The van der Waals surface area contributed by atoms with Crippen molar-refractivity contribution in [3.63, 3.8) is 0 Å². The maximum Gasteiger partial charge on any atom is 0.227 e. The third-order valence-electron chi connectivity index (χ3n) is 4.41. The van der Waals surface area contributed by atoms with Crippen molar-refractivity contribution >= 4 is 0 Å². The second-order valence-corrected chi connectivity index (χ2v) is 6.42. The second kappa shape index (κ2) is 7.75. The van der Waals surface area contributed by atoms with Gasteiger partial charge in [0.15, 0.2) is 23.0 Å². The fourth-order valence-electron chi connectivity index (χ4n) is 3.10. The van der Waals surface area contributed by atoms with Gasteiger partial charge in [-0.25, -0.2) is 0 Å². The van der Waals surface area contributed by atoms with E-state index in [2.05, 4.69) is 0 Å². The maximum absolute atomic E-state index is 12.2. The second-order valence-electron chi connectivity index (χ2n) is 6.42. The highest BCUT2D eigenvalue weighted by Crippen LogP contribution is 2.41. The third-order valence-corrected chi connectivity index (χ3v) is 4.41. The van der Waals surface area contributed by atoms with Crippen LogP contribution in [0.25, 0.3) is 0 Å². The first-order valence-electron chi connectivity index (χ1n) is 8.66. The topological polar surface area (TPSA) is 119 Å². The molecule has 0 fully saturated rings. The van der Waals surface area contributed by atoms with Crippen LogP contribution in [0, 0.1) is 13.8 Å². The van der Waals surface area contributed by atoms with E-state index in [-0.39, 0.29) is 23.0 Å². The van der Waals surface area contributed by atoms with Crippen molar-refractivity contribution in [3.05, 3.63) is 79.4 Å². The van der Waals surface area contributed by atoms with Crippen molar-refractivity contribution < 1.29 is 28.5 Å². The molecule has 152 valence electrons. The third kappa shape index (κ3) is 3.69. The largest absolute Gasteiger partial charge is 0.502 e. The van der Waals surface area contributed by atoms with Crippen LogP contribution in [-0.2, 0) is 0 Å². The molecule has 1 aromatic carbocycles. The molecule has 8 heteroatoms. The van der Waals surface area contributed by atoms with Gasteiger partial charge in [0.05, 0.1) is 14.2 Å². The zero-order chi connectivity index (χ0) is 21.3. The lowest BCUT2D eigenvalue weighted by Crippen LogP contribution is -2.13. The molecule has 3 rings (SSSR count). The molecule has 0 unspecified atom stereocenters. The number of aromatic hydroxyl groups is 2. The Morgan fingerprint density at radius 2 is 1.28 bits per heavy atom. The van der Waals surface area contributed by atoms with Crippen molar-refractivity contribution in [2.75, 3.05) is 14.2 Å². The molecule has 0 bridgehead atoms. The number of methoxy groups -OCH3 is 2. The molecule has 8 nitrogen and oxygen atoms in total. The number of benzene rings is 1. The van der Waals surface area contributed by atoms with E-state index < -0.39 is 28.3 Å². The van der Waals surface area contributed by atoms with Crippen molar-refractivity contribution in [2.24, 2.45) is 0 Å². The first kappa shape index (κ1) is 20.1. The van der Waals surface area contributed by atoms with Gasteiger partial charge in [-0.3, -0.25) is 9.59 Å². The Labute approximate surface area is 165 Å². The van der Waals surface area contributed by atoms with E-state index in [1.807, 2.05) is 0 Å². The van der Waals surface area contributed by atoms with Crippen molar-refractivity contribution in [2.45, 2.75) is 19.8 Å². The van der Waals surface area contributed by atoms with Gasteiger partial charge in [0.1, 0.15) is 17.4 Å². The molecular weight excluding hydrogens is 380 g/mol. The van der Waals surface area contributed by atoms with Crippen molar-refractivity contribution in [1.29, 1.82) is 0 Å². The molecule has 2 heterocycles. The van der Waals surface area contributed by atoms with Crippen LogP contribution in [0.1, 0.15) is 34.5 Å². The van der Waals surface area contributed by atoms with Crippen molar-refractivity contribution in [3.8, 4) is 23.0 Å². The fraction of sp³-hybridized carbons (Fsp3) is 0.238. The Hall–Kier alpha value is -3.68. The molecule has 2 N–H and O–H groups in total. The molecular formula is C21H20O8. The van der Waals surface area contributed by atoms with Gasteiger partial charge in [-0.05, 0) is 31.5 Å². The lowest BCUT2D eigenvalue weighted by molar-refractivity contribution is 0.342. The van der Waals surface area contributed by atoms with Gasteiger partial charge in [0.2, 0.25) is 22.4 Å². The van der Waals surface area contributed by atoms with Crippen LogP contribution in [0.3, 0.4) is 0 Å². The standard InChI is InChI=1S/C21H20O8/c1-10-7-13(22)18(24)20(28-10)17(21-19(25)14(23)8-11(2)29-21)12-5-6-15(26-3)16(9-12)27-4/h5-9,17,24-25H,1-4H3. The monoisotopic (exact) mass is 400 g/mol. The summed E-state index contributed by atoms with van der Waals surface area (Å²) in [6, 6.07) is 7.08. The van der Waals surface area contributed by atoms with E-state index in [1.165, 1.54) is 14.2 Å².